The first kappa shape index (κ1) is 16.9. The number of nitro groups is 1. The Hall–Kier alpha value is -2.20. The molecule has 1 N–H and O–H groups in total. The number of carbonyl (C=O) groups excluding carboxylic acids is 1. The van der Waals surface area contributed by atoms with Gasteiger partial charge in [-0.2, -0.15) is 4.72 Å². The summed E-state index contributed by atoms with van der Waals surface area (Å²) in [6.07, 6.45) is 0. The molecule has 1 rings (SSSR count). The van der Waals surface area contributed by atoms with Crippen LogP contribution in [0.4, 0.5) is 5.69 Å². The molecule has 0 saturated carbocycles. The van der Waals surface area contributed by atoms with E-state index in [4.69, 9.17) is 4.74 Å². The standard InChI is InChI=1S/C11H14N2O7S/c1-3-20-11(14)7-12-21(17,18)8-4-5-10(19-2)9(6-8)13(15)16/h4-6,12H,3,7H2,1-2H3. The highest BCUT2D eigenvalue weighted by atomic mass is 32.2. The minimum atomic E-state index is -4.07. The summed E-state index contributed by atoms with van der Waals surface area (Å²) in [6.45, 7) is 1.14. The number of hydrogen-bond donors (Lipinski definition) is 1. The van der Waals surface area contributed by atoms with Crippen LogP contribution < -0.4 is 9.46 Å². The van der Waals surface area contributed by atoms with E-state index >= 15 is 0 Å². The van der Waals surface area contributed by atoms with Crippen molar-refractivity contribution in [3.05, 3.63) is 28.3 Å². The molecule has 1 aromatic carbocycles. The minimum absolute atomic E-state index is 0.0654. The molecule has 0 saturated heterocycles. The smallest absolute Gasteiger partial charge is 0.321 e. The second kappa shape index (κ2) is 6.99. The van der Waals surface area contributed by atoms with Crippen LogP contribution in [0, 0.1) is 10.1 Å². The number of hydrogen-bond acceptors (Lipinski definition) is 7. The molecule has 0 fully saturated rings. The molecule has 0 amide bonds. The van der Waals surface area contributed by atoms with Crippen LogP contribution in [0.2, 0.25) is 0 Å². The molecule has 0 bridgehead atoms. The maximum atomic E-state index is 11.9. The first-order valence-corrected chi connectivity index (χ1v) is 7.28. The van der Waals surface area contributed by atoms with Crippen LogP contribution in [0.5, 0.6) is 5.75 Å². The Balaban J connectivity index is 3.01. The molecular weight excluding hydrogens is 304 g/mol. The first-order chi connectivity index (χ1) is 9.81. The molecule has 0 aliphatic heterocycles. The van der Waals surface area contributed by atoms with Gasteiger partial charge in [-0.15, -0.1) is 0 Å². The first-order valence-electron chi connectivity index (χ1n) is 5.79. The van der Waals surface area contributed by atoms with E-state index < -0.39 is 33.1 Å². The third-order valence-electron chi connectivity index (χ3n) is 2.37. The van der Waals surface area contributed by atoms with Gasteiger partial charge >= 0.3 is 11.7 Å². The van der Waals surface area contributed by atoms with Crippen LogP contribution in [0.1, 0.15) is 6.92 Å². The van der Waals surface area contributed by atoms with Gasteiger partial charge in [0.05, 0.1) is 23.5 Å². The number of nitrogens with zero attached hydrogens (tertiary/aromatic N) is 1. The van der Waals surface area contributed by atoms with Crippen LogP contribution in [0.25, 0.3) is 0 Å². The van der Waals surface area contributed by atoms with E-state index in [1.54, 1.807) is 6.92 Å². The molecule has 0 heterocycles. The molecule has 0 atom stereocenters. The Morgan fingerprint density at radius 3 is 2.62 bits per heavy atom. The van der Waals surface area contributed by atoms with Crippen molar-refractivity contribution in [3.63, 3.8) is 0 Å². The lowest BCUT2D eigenvalue weighted by molar-refractivity contribution is -0.386. The van der Waals surface area contributed by atoms with Crippen molar-refractivity contribution in [1.82, 2.24) is 4.72 Å². The van der Waals surface area contributed by atoms with Crippen LogP contribution in [0.3, 0.4) is 0 Å². The van der Waals surface area contributed by atoms with Gasteiger partial charge in [0.15, 0.2) is 5.75 Å². The molecule has 116 valence electrons. The fourth-order valence-corrected chi connectivity index (χ4v) is 2.42. The highest BCUT2D eigenvalue weighted by Crippen LogP contribution is 2.29. The van der Waals surface area contributed by atoms with Crippen molar-refractivity contribution in [1.29, 1.82) is 0 Å². The predicted octanol–water partition coefficient (Wildman–Crippen LogP) is 0.445. The summed E-state index contributed by atoms with van der Waals surface area (Å²) in [5.41, 5.74) is -0.489. The molecule has 0 radical (unpaired) electrons. The van der Waals surface area contributed by atoms with Gasteiger partial charge in [-0.25, -0.2) is 8.42 Å². The topological polar surface area (TPSA) is 125 Å². The maximum Gasteiger partial charge on any atom is 0.321 e. The van der Waals surface area contributed by atoms with Gasteiger partial charge in [0.1, 0.15) is 6.54 Å². The molecule has 0 aromatic heterocycles. The average Bonchev–Trinajstić information content (AvgIpc) is 2.44. The third kappa shape index (κ3) is 4.39. The highest BCUT2D eigenvalue weighted by molar-refractivity contribution is 7.89. The average molecular weight is 318 g/mol. The number of nitrogens with one attached hydrogen (secondary N) is 1. The lowest BCUT2D eigenvalue weighted by atomic mass is 10.3. The van der Waals surface area contributed by atoms with Gasteiger partial charge < -0.3 is 9.47 Å². The monoisotopic (exact) mass is 318 g/mol. The van der Waals surface area contributed by atoms with Gasteiger partial charge in [0.25, 0.3) is 0 Å². The fraction of sp³-hybridized carbons (Fsp3) is 0.364. The Labute approximate surface area is 121 Å². The van der Waals surface area contributed by atoms with E-state index in [0.29, 0.717) is 0 Å². The second-order valence-corrected chi connectivity index (χ2v) is 5.49. The van der Waals surface area contributed by atoms with E-state index in [1.807, 2.05) is 4.72 Å². The number of rotatable bonds is 7. The predicted molar refractivity (Wildman–Crippen MR) is 71.5 cm³/mol. The van der Waals surface area contributed by atoms with Gasteiger partial charge in [-0.1, -0.05) is 0 Å². The normalized spacial score (nSPS) is 11.0. The number of sulfonamides is 1. The number of esters is 1. The van der Waals surface area contributed by atoms with E-state index in [2.05, 4.69) is 4.74 Å². The molecule has 9 nitrogen and oxygen atoms in total. The molecule has 0 aliphatic rings. The number of carbonyl (C=O) groups is 1. The van der Waals surface area contributed by atoms with Gasteiger partial charge in [0, 0.05) is 6.07 Å². The number of methoxy groups -OCH3 is 1. The summed E-state index contributed by atoms with van der Waals surface area (Å²) >= 11 is 0. The number of benzene rings is 1. The second-order valence-electron chi connectivity index (χ2n) is 3.72. The van der Waals surface area contributed by atoms with E-state index in [1.165, 1.54) is 7.11 Å². The molecule has 0 aliphatic carbocycles. The quantitative estimate of drug-likeness (QED) is 0.439. The van der Waals surface area contributed by atoms with Crippen molar-refractivity contribution >= 4 is 21.7 Å². The number of nitro benzene ring substituents is 1. The summed E-state index contributed by atoms with van der Waals surface area (Å²) < 4.78 is 35.2. The summed E-state index contributed by atoms with van der Waals surface area (Å²) in [7, 11) is -2.83. The zero-order chi connectivity index (χ0) is 16.0. The van der Waals surface area contributed by atoms with E-state index in [0.717, 1.165) is 18.2 Å². The summed E-state index contributed by atoms with van der Waals surface area (Å²) in [5.74, 6) is -0.812. The minimum Gasteiger partial charge on any atom is -0.490 e. The Morgan fingerprint density at radius 1 is 1.43 bits per heavy atom. The maximum absolute atomic E-state index is 11.9. The molecular formula is C11H14N2O7S. The lowest BCUT2D eigenvalue weighted by Crippen LogP contribution is -2.30. The third-order valence-corrected chi connectivity index (χ3v) is 3.77. The van der Waals surface area contributed by atoms with Crippen molar-refractivity contribution in [2.45, 2.75) is 11.8 Å². The van der Waals surface area contributed by atoms with Crippen LogP contribution in [-0.2, 0) is 19.6 Å². The number of ether oxygens (including phenoxy) is 2. The summed E-state index contributed by atoms with van der Waals surface area (Å²) in [5, 5.41) is 10.8. The summed E-state index contributed by atoms with van der Waals surface area (Å²) in [6, 6.07) is 3.16. The van der Waals surface area contributed by atoms with Gasteiger partial charge in [0.2, 0.25) is 10.0 Å². The van der Waals surface area contributed by atoms with Crippen LogP contribution >= 0.6 is 0 Å². The van der Waals surface area contributed by atoms with Crippen molar-refractivity contribution in [2.75, 3.05) is 20.3 Å². The van der Waals surface area contributed by atoms with Crippen LogP contribution in [-0.4, -0.2) is 39.6 Å². The van der Waals surface area contributed by atoms with E-state index in [-0.39, 0.29) is 17.3 Å². The van der Waals surface area contributed by atoms with E-state index in [9.17, 15) is 23.3 Å². The zero-order valence-electron chi connectivity index (χ0n) is 11.4. The molecule has 21 heavy (non-hydrogen) atoms. The zero-order valence-corrected chi connectivity index (χ0v) is 12.2. The molecule has 10 heteroatoms. The van der Waals surface area contributed by atoms with Crippen LogP contribution in [0.15, 0.2) is 23.1 Å². The van der Waals surface area contributed by atoms with Crippen molar-refractivity contribution in [2.24, 2.45) is 0 Å². The van der Waals surface area contributed by atoms with Crippen molar-refractivity contribution < 1.29 is 27.6 Å². The highest BCUT2D eigenvalue weighted by Gasteiger charge is 2.22. The Bertz CT molecular complexity index is 642. The lowest BCUT2D eigenvalue weighted by Gasteiger charge is -2.07. The van der Waals surface area contributed by atoms with Crippen molar-refractivity contribution in [3.8, 4) is 5.75 Å². The van der Waals surface area contributed by atoms with Gasteiger partial charge in [-0.3, -0.25) is 14.9 Å². The molecule has 1 aromatic rings. The van der Waals surface area contributed by atoms with Gasteiger partial charge in [-0.05, 0) is 19.1 Å². The summed E-state index contributed by atoms with van der Waals surface area (Å²) in [4.78, 5) is 20.9. The fourth-order valence-electron chi connectivity index (χ4n) is 1.43. The largest absolute Gasteiger partial charge is 0.490 e. The Morgan fingerprint density at radius 2 is 2.10 bits per heavy atom. The SMILES string of the molecule is CCOC(=O)CNS(=O)(=O)c1ccc(OC)c([N+](=O)[O-])c1. The molecule has 0 unspecified atom stereocenters. The molecule has 0 spiro atoms. The Kier molecular flexibility index (Phi) is 5.61.